The summed E-state index contributed by atoms with van der Waals surface area (Å²) in [4.78, 5) is 0. The van der Waals surface area contributed by atoms with Crippen molar-refractivity contribution in [1.82, 2.24) is 0 Å². The van der Waals surface area contributed by atoms with Crippen LogP contribution >= 0.6 is 0 Å². The van der Waals surface area contributed by atoms with Crippen LogP contribution in [-0.4, -0.2) is 0 Å². The van der Waals surface area contributed by atoms with Gasteiger partial charge in [-0.3, -0.25) is 0 Å². The maximum absolute atomic E-state index is 2.39. The lowest BCUT2D eigenvalue weighted by atomic mass is 9.87. The number of rotatable bonds is 4. The fraction of sp³-hybridized carbons (Fsp3) is 0.429. The number of fused-ring (bicyclic) bond motifs is 3. The minimum absolute atomic E-state index is 0.714. The van der Waals surface area contributed by atoms with Crippen molar-refractivity contribution in [2.75, 3.05) is 0 Å². The van der Waals surface area contributed by atoms with Crippen LogP contribution in [0, 0.1) is 11.8 Å². The lowest BCUT2D eigenvalue weighted by Crippen LogP contribution is -2.06. The molecular formula is C21H26. The average molecular weight is 278 g/mol. The van der Waals surface area contributed by atoms with Crippen LogP contribution < -0.4 is 0 Å². The first-order valence-corrected chi connectivity index (χ1v) is 8.28. The molecule has 0 amide bonds. The van der Waals surface area contributed by atoms with Crippen LogP contribution in [0.4, 0.5) is 0 Å². The van der Waals surface area contributed by atoms with Crippen LogP contribution in [0.1, 0.15) is 49.9 Å². The Hall–Kier alpha value is -1.56. The lowest BCUT2D eigenvalue weighted by molar-refractivity contribution is 0.613. The van der Waals surface area contributed by atoms with Crippen molar-refractivity contribution in [1.29, 1.82) is 0 Å². The molecule has 0 atom stereocenters. The molecule has 1 aliphatic rings. The van der Waals surface area contributed by atoms with Crippen LogP contribution in [0.2, 0.25) is 0 Å². The Morgan fingerprint density at radius 1 is 0.810 bits per heavy atom. The summed E-state index contributed by atoms with van der Waals surface area (Å²) in [7, 11) is 0. The van der Waals surface area contributed by atoms with Gasteiger partial charge >= 0.3 is 0 Å². The van der Waals surface area contributed by atoms with Crippen molar-refractivity contribution in [3.8, 4) is 11.1 Å². The highest BCUT2D eigenvalue weighted by Gasteiger charge is 2.23. The first kappa shape index (κ1) is 14.4. The molecule has 3 rings (SSSR count). The van der Waals surface area contributed by atoms with E-state index in [4.69, 9.17) is 0 Å². The van der Waals surface area contributed by atoms with Crippen LogP contribution in [0.3, 0.4) is 0 Å². The molecule has 0 nitrogen and oxygen atoms in total. The molecule has 0 radical (unpaired) electrons. The Bertz CT molecular complexity index is 647. The molecule has 0 N–H and O–H groups in total. The molecule has 1 aliphatic carbocycles. The molecule has 0 saturated carbocycles. The first-order valence-electron chi connectivity index (χ1n) is 8.28. The zero-order chi connectivity index (χ0) is 15.0. The Morgan fingerprint density at radius 3 is 2.24 bits per heavy atom. The third-order valence-corrected chi connectivity index (χ3v) is 4.44. The third-order valence-electron chi connectivity index (χ3n) is 4.44. The molecule has 0 bridgehead atoms. The molecule has 0 spiro atoms. The van der Waals surface area contributed by atoms with E-state index in [1.165, 1.54) is 29.5 Å². The Labute approximate surface area is 129 Å². The second kappa shape index (κ2) is 5.67. The molecular weight excluding hydrogens is 252 g/mol. The summed E-state index contributed by atoms with van der Waals surface area (Å²) in [6.07, 6.45) is 3.53. The number of benzene rings is 2. The van der Waals surface area contributed by atoms with Crippen molar-refractivity contribution < 1.29 is 0 Å². The minimum atomic E-state index is 0.714. The highest BCUT2D eigenvalue weighted by Crippen LogP contribution is 2.40. The molecule has 0 aliphatic heterocycles. The third kappa shape index (κ3) is 2.77. The van der Waals surface area contributed by atoms with Gasteiger partial charge in [-0.15, -0.1) is 0 Å². The summed E-state index contributed by atoms with van der Waals surface area (Å²) in [5.41, 5.74) is 9.24. The maximum Gasteiger partial charge on any atom is -0.00106 e. The van der Waals surface area contributed by atoms with Gasteiger partial charge in [-0.05, 0) is 64.5 Å². The zero-order valence-corrected chi connectivity index (χ0v) is 13.7. The topological polar surface area (TPSA) is 0 Å². The van der Waals surface area contributed by atoms with Gasteiger partial charge < -0.3 is 0 Å². The molecule has 110 valence electrons. The van der Waals surface area contributed by atoms with Crippen LogP contribution in [0.5, 0.6) is 0 Å². The number of hydrogen-bond donors (Lipinski definition) is 0. The molecule has 0 fully saturated rings. The van der Waals surface area contributed by atoms with E-state index in [-0.39, 0.29) is 0 Å². The Balaban J connectivity index is 2.11. The fourth-order valence-corrected chi connectivity index (χ4v) is 3.62. The normalized spacial score (nSPS) is 12.9. The fourth-order valence-electron chi connectivity index (χ4n) is 3.62. The van der Waals surface area contributed by atoms with E-state index in [9.17, 15) is 0 Å². The van der Waals surface area contributed by atoms with Crippen molar-refractivity contribution >= 4 is 0 Å². The van der Waals surface area contributed by atoms with Gasteiger partial charge in [0.1, 0.15) is 0 Å². The van der Waals surface area contributed by atoms with Gasteiger partial charge in [0.25, 0.3) is 0 Å². The van der Waals surface area contributed by atoms with E-state index < -0.39 is 0 Å². The molecule has 0 aromatic heterocycles. The lowest BCUT2D eigenvalue weighted by Gasteiger charge is -2.18. The van der Waals surface area contributed by atoms with Crippen molar-refractivity contribution in [2.24, 2.45) is 11.8 Å². The summed E-state index contributed by atoms with van der Waals surface area (Å²) < 4.78 is 0. The molecule has 0 heteroatoms. The smallest absolute Gasteiger partial charge is 0.00106 e. The van der Waals surface area contributed by atoms with E-state index in [0.717, 1.165) is 12.3 Å². The quantitative estimate of drug-likeness (QED) is 0.578. The van der Waals surface area contributed by atoms with E-state index in [0.29, 0.717) is 5.92 Å². The Morgan fingerprint density at radius 2 is 1.52 bits per heavy atom. The first-order chi connectivity index (χ1) is 10.1. The van der Waals surface area contributed by atoms with Gasteiger partial charge in [-0.1, -0.05) is 64.1 Å². The summed E-state index contributed by atoms with van der Waals surface area (Å²) >= 11 is 0. The number of hydrogen-bond acceptors (Lipinski definition) is 0. The summed E-state index contributed by atoms with van der Waals surface area (Å²) in [6, 6.07) is 13.7. The van der Waals surface area contributed by atoms with Gasteiger partial charge in [0.2, 0.25) is 0 Å². The maximum atomic E-state index is 2.39. The van der Waals surface area contributed by atoms with Gasteiger partial charge in [-0.25, -0.2) is 0 Å². The molecule has 2 aromatic rings. The molecule has 21 heavy (non-hydrogen) atoms. The van der Waals surface area contributed by atoms with E-state index in [2.05, 4.69) is 64.1 Å². The average Bonchev–Trinajstić information content (AvgIpc) is 2.79. The highest BCUT2D eigenvalue weighted by molar-refractivity contribution is 5.78. The standard InChI is InChI=1S/C21H26/c1-14(2)11-17-9-10-19-18-8-6-5-7-16(18)13-21(19)20(17)12-15(3)4/h5-10,14-15H,11-13H2,1-4H3. The minimum Gasteiger partial charge on any atom is -0.0625 e. The van der Waals surface area contributed by atoms with Crippen molar-refractivity contribution in [3.05, 3.63) is 58.7 Å². The van der Waals surface area contributed by atoms with Crippen LogP contribution in [0.25, 0.3) is 11.1 Å². The van der Waals surface area contributed by atoms with E-state index >= 15 is 0 Å². The molecule has 0 heterocycles. The highest BCUT2D eigenvalue weighted by atomic mass is 14.3. The van der Waals surface area contributed by atoms with Gasteiger partial charge in [-0.2, -0.15) is 0 Å². The Kier molecular flexibility index (Phi) is 3.89. The molecule has 0 saturated heterocycles. The largest absolute Gasteiger partial charge is 0.0625 e. The molecule has 2 aromatic carbocycles. The van der Waals surface area contributed by atoms with Gasteiger partial charge in [0, 0.05) is 0 Å². The predicted molar refractivity (Wildman–Crippen MR) is 91.8 cm³/mol. The SMILES string of the molecule is CC(C)Cc1ccc2c(c1CC(C)C)Cc1ccccc1-2. The predicted octanol–water partition coefficient (Wildman–Crippen LogP) is 5.65. The van der Waals surface area contributed by atoms with Gasteiger partial charge in [0.15, 0.2) is 0 Å². The summed E-state index contributed by atoms with van der Waals surface area (Å²) in [5, 5.41) is 0. The van der Waals surface area contributed by atoms with Crippen LogP contribution in [0.15, 0.2) is 36.4 Å². The van der Waals surface area contributed by atoms with E-state index in [1.54, 1.807) is 16.7 Å². The summed E-state index contributed by atoms with van der Waals surface area (Å²) in [6.45, 7) is 9.31. The summed E-state index contributed by atoms with van der Waals surface area (Å²) in [5.74, 6) is 1.43. The molecule has 0 unspecified atom stereocenters. The van der Waals surface area contributed by atoms with Gasteiger partial charge in [0.05, 0.1) is 0 Å². The van der Waals surface area contributed by atoms with Crippen molar-refractivity contribution in [3.63, 3.8) is 0 Å². The van der Waals surface area contributed by atoms with E-state index in [1.807, 2.05) is 0 Å². The van der Waals surface area contributed by atoms with Crippen molar-refractivity contribution in [2.45, 2.75) is 47.0 Å². The second-order valence-corrected chi connectivity index (χ2v) is 7.26. The second-order valence-electron chi connectivity index (χ2n) is 7.26. The zero-order valence-electron chi connectivity index (χ0n) is 13.7. The van der Waals surface area contributed by atoms with Crippen LogP contribution in [-0.2, 0) is 19.3 Å². The monoisotopic (exact) mass is 278 g/mol.